The molecule has 0 atom stereocenters. The molecule has 1 saturated heterocycles. The zero-order chi connectivity index (χ0) is 18.0. The SMILES string of the molecule is Cc1nc(Nc2ccc(Cl)cc2C(F)(F)F)cc(N2CCCCC2)n1. The minimum atomic E-state index is -4.51. The number of benzene rings is 1. The van der Waals surface area contributed by atoms with E-state index in [1.807, 2.05) is 0 Å². The van der Waals surface area contributed by atoms with E-state index in [0.29, 0.717) is 11.6 Å². The average Bonchev–Trinajstić information content (AvgIpc) is 2.56. The van der Waals surface area contributed by atoms with Crippen molar-refractivity contribution in [2.75, 3.05) is 23.3 Å². The summed E-state index contributed by atoms with van der Waals surface area (Å²) in [6, 6.07) is 5.32. The Kier molecular flexibility index (Phi) is 5.03. The maximum Gasteiger partial charge on any atom is 0.418 e. The molecule has 4 nitrogen and oxygen atoms in total. The number of rotatable bonds is 3. The van der Waals surface area contributed by atoms with Gasteiger partial charge in [0.25, 0.3) is 0 Å². The number of nitrogens with zero attached hydrogens (tertiary/aromatic N) is 3. The number of nitrogens with one attached hydrogen (secondary N) is 1. The molecule has 0 bridgehead atoms. The van der Waals surface area contributed by atoms with E-state index in [1.54, 1.807) is 13.0 Å². The van der Waals surface area contributed by atoms with Crippen LogP contribution in [0.2, 0.25) is 5.02 Å². The minimum Gasteiger partial charge on any atom is -0.356 e. The molecular weight excluding hydrogens is 353 g/mol. The third-order valence-corrected chi connectivity index (χ3v) is 4.29. The third-order valence-electron chi connectivity index (χ3n) is 4.05. The Labute approximate surface area is 149 Å². The fraction of sp³-hybridized carbons (Fsp3) is 0.412. The van der Waals surface area contributed by atoms with Crippen LogP contribution in [0.25, 0.3) is 0 Å². The lowest BCUT2D eigenvalue weighted by atomic mass is 10.1. The first-order valence-electron chi connectivity index (χ1n) is 8.07. The normalized spacial score (nSPS) is 15.3. The molecule has 1 N–H and O–H groups in total. The highest BCUT2D eigenvalue weighted by Crippen LogP contribution is 2.37. The van der Waals surface area contributed by atoms with Crippen molar-refractivity contribution in [3.05, 3.63) is 40.7 Å². The molecule has 0 amide bonds. The number of alkyl halides is 3. The van der Waals surface area contributed by atoms with Crippen molar-refractivity contribution in [1.82, 2.24) is 9.97 Å². The number of aromatic nitrogens is 2. The van der Waals surface area contributed by atoms with Crippen molar-refractivity contribution < 1.29 is 13.2 Å². The molecule has 1 aromatic heterocycles. The van der Waals surface area contributed by atoms with Gasteiger partial charge < -0.3 is 10.2 Å². The predicted octanol–water partition coefficient (Wildman–Crippen LogP) is 5.19. The molecule has 1 aromatic carbocycles. The summed E-state index contributed by atoms with van der Waals surface area (Å²) in [5, 5.41) is 2.80. The Morgan fingerprint density at radius 1 is 1.08 bits per heavy atom. The van der Waals surface area contributed by atoms with E-state index in [0.717, 1.165) is 37.8 Å². The Hall–Kier alpha value is -2.02. The fourth-order valence-electron chi connectivity index (χ4n) is 2.90. The summed E-state index contributed by atoms with van der Waals surface area (Å²) in [5.74, 6) is 1.58. The molecule has 134 valence electrons. The molecule has 8 heteroatoms. The molecule has 0 unspecified atom stereocenters. The fourth-order valence-corrected chi connectivity index (χ4v) is 3.07. The van der Waals surface area contributed by atoms with Crippen LogP contribution in [0.15, 0.2) is 24.3 Å². The Morgan fingerprint density at radius 2 is 1.80 bits per heavy atom. The first kappa shape index (κ1) is 17.8. The van der Waals surface area contributed by atoms with Gasteiger partial charge in [-0.2, -0.15) is 13.2 Å². The Bertz CT molecular complexity index is 758. The van der Waals surface area contributed by atoms with Gasteiger partial charge >= 0.3 is 6.18 Å². The van der Waals surface area contributed by atoms with Gasteiger partial charge in [0.2, 0.25) is 0 Å². The first-order valence-corrected chi connectivity index (χ1v) is 8.45. The van der Waals surface area contributed by atoms with Gasteiger partial charge in [-0.3, -0.25) is 0 Å². The maximum atomic E-state index is 13.2. The highest BCUT2D eigenvalue weighted by atomic mass is 35.5. The second-order valence-corrected chi connectivity index (χ2v) is 6.46. The van der Waals surface area contributed by atoms with Crippen LogP contribution < -0.4 is 10.2 Å². The van der Waals surface area contributed by atoms with Gasteiger partial charge in [0.15, 0.2) is 0 Å². The lowest BCUT2D eigenvalue weighted by Gasteiger charge is -2.28. The summed E-state index contributed by atoms with van der Waals surface area (Å²) in [4.78, 5) is 10.8. The quantitative estimate of drug-likeness (QED) is 0.807. The standard InChI is InChI=1S/C17H18ClF3N4/c1-11-22-15(10-16(23-11)25-7-3-2-4-8-25)24-14-6-5-12(18)9-13(14)17(19,20)21/h5-6,9-10H,2-4,7-8H2,1H3,(H,22,23,24). The number of piperidine rings is 1. The van der Waals surface area contributed by atoms with Gasteiger partial charge in [0, 0.05) is 24.2 Å². The lowest BCUT2D eigenvalue weighted by Crippen LogP contribution is -2.30. The molecule has 0 saturated carbocycles. The van der Waals surface area contributed by atoms with Gasteiger partial charge in [0.05, 0.1) is 11.3 Å². The van der Waals surface area contributed by atoms with Gasteiger partial charge in [-0.05, 0) is 44.4 Å². The van der Waals surface area contributed by atoms with Crippen LogP contribution in [0, 0.1) is 6.92 Å². The minimum absolute atomic E-state index is 0.0331. The van der Waals surface area contributed by atoms with E-state index in [4.69, 9.17) is 11.6 Å². The van der Waals surface area contributed by atoms with Crippen LogP contribution in [-0.4, -0.2) is 23.1 Å². The van der Waals surface area contributed by atoms with Crippen molar-refractivity contribution in [2.45, 2.75) is 32.4 Å². The van der Waals surface area contributed by atoms with Gasteiger partial charge in [-0.15, -0.1) is 0 Å². The van der Waals surface area contributed by atoms with E-state index in [-0.39, 0.29) is 10.7 Å². The highest BCUT2D eigenvalue weighted by molar-refractivity contribution is 6.30. The summed E-state index contributed by atoms with van der Waals surface area (Å²) in [5.41, 5.74) is -0.907. The number of anilines is 3. The van der Waals surface area contributed by atoms with Crippen molar-refractivity contribution in [1.29, 1.82) is 0 Å². The van der Waals surface area contributed by atoms with E-state index in [9.17, 15) is 13.2 Å². The lowest BCUT2D eigenvalue weighted by molar-refractivity contribution is -0.136. The van der Waals surface area contributed by atoms with Crippen molar-refractivity contribution >= 4 is 28.9 Å². The van der Waals surface area contributed by atoms with Crippen molar-refractivity contribution in [2.24, 2.45) is 0 Å². The summed E-state index contributed by atoms with van der Waals surface area (Å²) >= 11 is 5.72. The zero-order valence-electron chi connectivity index (χ0n) is 13.7. The van der Waals surface area contributed by atoms with Gasteiger partial charge in [-0.25, -0.2) is 9.97 Å². The Balaban J connectivity index is 1.92. The number of hydrogen-bond donors (Lipinski definition) is 1. The van der Waals surface area contributed by atoms with E-state index in [1.165, 1.54) is 18.6 Å². The largest absolute Gasteiger partial charge is 0.418 e. The molecule has 1 aliphatic heterocycles. The first-order chi connectivity index (χ1) is 11.8. The zero-order valence-corrected chi connectivity index (χ0v) is 14.5. The molecule has 2 aromatic rings. The van der Waals surface area contributed by atoms with Crippen molar-refractivity contribution in [3.8, 4) is 0 Å². The van der Waals surface area contributed by atoms with Crippen LogP contribution in [0.1, 0.15) is 30.7 Å². The second-order valence-electron chi connectivity index (χ2n) is 6.02. The van der Waals surface area contributed by atoms with Crippen LogP contribution >= 0.6 is 11.6 Å². The molecule has 0 radical (unpaired) electrons. The van der Waals surface area contributed by atoms with Crippen LogP contribution in [0.4, 0.5) is 30.5 Å². The monoisotopic (exact) mass is 370 g/mol. The number of halogens is 4. The predicted molar refractivity (Wildman–Crippen MR) is 92.6 cm³/mol. The number of aryl methyl sites for hydroxylation is 1. The number of hydrogen-bond acceptors (Lipinski definition) is 4. The van der Waals surface area contributed by atoms with Crippen LogP contribution in [0.3, 0.4) is 0 Å². The second kappa shape index (κ2) is 7.07. The Morgan fingerprint density at radius 3 is 2.48 bits per heavy atom. The molecule has 2 heterocycles. The summed E-state index contributed by atoms with van der Waals surface area (Å²) < 4.78 is 39.7. The highest BCUT2D eigenvalue weighted by Gasteiger charge is 2.34. The van der Waals surface area contributed by atoms with Crippen LogP contribution in [-0.2, 0) is 6.18 Å². The van der Waals surface area contributed by atoms with Crippen LogP contribution in [0.5, 0.6) is 0 Å². The average molecular weight is 371 g/mol. The molecule has 25 heavy (non-hydrogen) atoms. The van der Waals surface area contributed by atoms with E-state index < -0.39 is 11.7 Å². The molecule has 0 aliphatic carbocycles. The molecule has 0 spiro atoms. The van der Waals surface area contributed by atoms with E-state index >= 15 is 0 Å². The molecule has 1 aliphatic rings. The maximum absolute atomic E-state index is 13.2. The van der Waals surface area contributed by atoms with E-state index in [2.05, 4.69) is 20.2 Å². The molecule has 1 fully saturated rings. The van der Waals surface area contributed by atoms with Crippen molar-refractivity contribution in [3.63, 3.8) is 0 Å². The third kappa shape index (κ3) is 4.34. The molecular formula is C17H18ClF3N4. The summed E-state index contributed by atoms with van der Waals surface area (Å²) in [6.07, 6.45) is -1.15. The molecule has 3 rings (SSSR count). The van der Waals surface area contributed by atoms with Gasteiger partial charge in [0.1, 0.15) is 17.5 Å². The summed E-state index contributed by atoms with van der Waals surface area (Å²) in [6.45, 7) is 3.51. The summed E-state index contributed by atoms with van der Waals surface area (Å²) in [7, 11) is 0. The topological polar surface area (TPSA) is 41.1 Å². The van der Waals surface area contributed by atoms with Gasteiger partial charge in [-0.1, -0.05) is 11.6 Å². The smallest absolute Gasteiger partial charge is 0.356 e.